The van der Waals surface area contributed by atoms with Crippen LogP contribution in [-0.2, 0) is 6.42 Å². The van der Waals surface area contributed by atoms with E-state index in [1.165, 1.54) is 0 Å². The van der Waals surface area contributed by atoms with E-state index < -0.39 is 0 Å². The molecule has 2 N–H and O–H groups in total. The fourth-order valence-corrected chi connectivity index (χ4v) is 2.31. The summed E-state index contributed by atoms with van der Waals surface area (Å²) in [6, 6.07) is 1.80. The Balaban J connectivity index is 2.51. The van der Waals surface area contributed by atoms with Crippen LogP contribution in [0.25, 0.3) is 11.6 Å². The summed E-state index contributed by atoms with van der Waals surface area (Å²) in [5.41, 5.74) is 6.80. The van der Waals surface area contributed by atoms with Crippen LogP contribution in [0, 0.1) is 5.92 Å². The number of nitrogen functional groups attached to an aromatic ring is 1. The molecule has 0 aromatic carbocycles. The van der Waals surface area contributed by atoms with Gasteiger partial charge in [0.05, 0.1) is 20.9 Å². The number of rotatable bonds is 3. The quantitative estimate of drug-likeness (QED) is 0.880. The first kappa shape index (κ1) is 13.5. The maximum atomic E-state index is 5.90. The molecule has 0 amide bonds. The lowest BCUT2D eigenvalue weighted by atomic mass is 10.1. The second-order valence-electron chi connectivity index (χ2n) is 4.39. The van der Waals surface area contributed by atoms with Crippen LogP contribution in [0.4, 0.5) is 5.82 Å². The molecular weight excluding hydrogens is 362 g/mol. The van der Waals surface area contributed by atoms with Gasteiger partial charge in [-0.25, -0.2) is 9.97 Å². The van der Waals surface area contributed by atoms with Gasteiger partial charge < -0.3 is 10.2 Å². The molecule has 0 atom stereocenters. The Kier molecular flexibility index (Phi) is 4.07. The molecular formula is C12H13Br2N3O. The van der Waals surface area contributed by atoms with Gasteiger partial charge in [-0.3, -0.25) is 0 Å². The summed E-state index contributed by atoms with van der Waals surface area (Å²) >= 11 is 6.83. The maximum Gasteiger partial charge on any atom is 0.199 e. The van der Waals surface area contributed by atoms with Gasteiger partial charge in [-0.2, -0.15) is 0 Å². The fourth-order valence-electron chi connectivity index (χ4n) is 1.59. The highest BCUT2D eigenvalue weighted by Gasteiger charge is 2.16. The molecule has 0 saturated carbocycles. The van der Waals surface area contributed by atoms with E-state index in [4.69, 9.17) is 10.2 Å². The standard InChI is InChI=1S/C12H13Br2N3O/c1-6(2)5-8-9(14)11(15)17-12(16-8)10-7(13)3-4-18-10/h3-4,6H,5H2,1-2H3,(H2,15,16,17). The zero-order valence-corrected chi connectivity index (χ0v) is 13.2. The minimum absolute atomic E-state index is 0.430. The Bertz CT molecular complexity index is 566. The second kappa shape index (κ2) is 5.40. The van der Waals surface area contributed by atoms with Gasteiger partial charge in [0.25, 0.3) is 0 Å². The lowest BCUT2D eigenvalue weighted by Crippen LogP contribution is -2.05. The van der Waals surface area contributed by atoms with Crippen molar-refractivity contribution in [1.29, 1.82) is 0 Å². The number of hydrogen-bond donors (Lipinski definition) is 1. The molecule has 2 aromatic heterocycles. The van der Waals surface area contributed by atoms with Crippen molar-refractivity contribution in [2.75, 3.05) is 5.73 Å². The fraction of sp³-hybridized carbons (Fsp3) is 0.333. The molecule has 96 valence electrons. The molecule has 2 aromatic rings. The van der Waals surface area contributed by atoms with Crippen LogP contribution in [0.1, 0.15) is 19.5 Å². The smallest absolute Gasteiger partial charge is 0.199 e. The summed E-state index contributed by atoms with van der Waals surface area (Å²) < 4.78 is 6.95. The van der Waals surface area contributed by atoms with E-state index in [1.807, 2.05) is 0 Å². The van der Waals surface area contributed by atoms with Gasteiger partial charge in [-0.05, 0) is 50.3 Å². The van der Waals surface area contributed by atoms with Crippen molar-refractivity contribution in [2.45, 2.75) is 20.3 Å². The predicted octanol–water partition coefficient (Wildman–Crippen LogP) is 4.04. The van der Waals surface area contributed by atoms with Gasteiger partial charge in [0.2, 0.25) is 0 Å². The largest absolute Gasteiger partial charge is 0.460 e. The number of furan rings is 1. The van der Waals surface area contributed by atoms with Crippen LogP contribution < -0.4 is 5.73 Å². The van der Waals surface area contributed by atoms with E-state index in [9.17, 15) is 0 Å². The normalized spacial score (nSPS) is 11.2. The first-order valence-electron chi connectivity index (χ1n) is 5.54. The van der Waals surface area contributed by atoms with Crippen molar-refractivity contribution in [1.82, 2.24) is 9.97 Å². The average Bonchev–Trinajstić information content (AvgIpc) is 2.70. The van der Waals surface area contributed by atoms with E-state index >= 15 is 0 Å². The molecule has 0 fully saturated rings. The molecule has 0 radical (unpaired) electrons. The van der Waals surface area contributed by atoms with Crippen LogP contribution in [0.3, 0.4) is 0 Å². The zero-order chi connectivity index (χ0) is 13.3. The number of nitrogens with zero attached hydrogens (tertiary/aromatic N) is 2. The van der Waals surface area contributed by atoms with Crippen molar-refractivity contribution in [2.24, 2.45) is 5.92 Å². The lowest BCUT2D eigenvalue weighted by molar-refractivity contribution is 0.573. The molecule has 18 heavy (non-hydrogen) atoms. The first-order chi connectivity index (χ1) is 8.49. The zero-order valence-electron chi connectivity index (χ0n) is 10.1. The molecule has 0 spiro atoms. The maximum absolute atomic E-state index is 5.90. The number of hydrogen-bond acceptors (Lipinski definition) is 4. The number of anilines is 1. The highest BCUT2D eigenvalue weighted by Crippen LogP contribution is 2.31. The summed E-state index contributed by atoms with van der Waals surface area (Å²) in [5, 5.41) is 0. The van der Waals surface area contributed by atoms with Gasteiger partial charge in [0.1, 0.15) is 5.82 Å². The molecule has 0 unspecified atom stereocenters. The Labute approximate surface area is 122 Å². The lowest BCUT2D eigenvalue weighted by Gasteiger charge is -2.09. The van der Waals surface area contributed by atoms with Crippen molar-refractivity contribution >= 4 is 37.7 Å². The Morgan fingerprint density at radius 3 is 2.61 bits per heavy atom. The van der Waals surface area contributed by atoms with Crippen molar-refractivity contribution in [3.63, 3.8) is 0 Å². The molecule has 0 aliphatic heterocycles. The summed E-state index contributed by atoms with van der Waals surface area (Å²) in [7, 11) is 0. The summed E-state index contributed by atoms with van der Waals surface area (Å²) in [6.07, 6.45) is 2.42. The van der Waals surface area contributed by atoms with E-state index in [0.717, 1.165) is 21.1 Å². The Morgan fingerprint density at radius 2 is 2.06 bits per heavy atom. The minimum atomic E-state index is 0.430. The van der Waals surface area contributed by atoms with Crippen molar-refractivity contribution < 1.29 is 4.42 Å². The van der Waals surface area contributed by atoms with E-state index in [-0.39, 0.29) is 0 Å². The number of aromatic nitrogens is 2. The van der Waals surface area contributed by atoms with Crippen LogP contribution in [0.2, 0.25) is 0 Å². The molecule has 2 rings (SSSR count). The van der Waals surface area contributed by atoms with E-state index in [0.29, 0.717) is 23.3 Å². The summed E-state index contributed by atoms with van der Waals surface area (Å²) in [4.78, 5) is 8.75. The van der Waals surface area contributed by atoms with Crippen molar-refractivity contribution in [3.05, 3.63) is 27.0 Å². The monoisotopic (exact) mass is 373 g/mol. The molecule has 0 aliphatic carbocycles. The van der Waals surface area contributed by atoms with Gasteiger partial charge in [0.15, 0.2) is 11.6 Å². The Morgan fingerprint density at radius 1 is 1.33 bits per heavy atom. The predicted molar refractivity (Wildman–Crippen MR) is 78.1 cm³/mol. The summed E-state index contributed by atoms with van der Waals surface area (Å²) in [6.45, 7) is 4.26. The summed E-state index contributed by atoms with van der Waals surface area (Å²) in [5.74, 6) is 2.02. The van der Waals surface area contributed by atoms with E-state index in [2.05, 4.69) is 55.7 Å². The highest BCUT2D eigenvalue weighted by atomic mass is 79.9. The average molecular weight is 375 g/mol. The van der Waals surface area contributed by atoms with Gasteiger partial charge in [0, 0.05) is 0 Å². The number of nitrogens with two attached hydrogens (primary N) is 1. The van der Waals surface area contributed by atoms with Crippen molar-refractivity contribution in [3.8, 4) is 11.6 Å². The Hall–Kier alpha value is -0.880. The third kappa shape index (κ3) is 2.75. The van der Waals surface area contributed by atoms with Gasteiger partial charge >= 0.3 is 0 Å². The molecule has 6 heteroatoms. The molecule has 0 bridgehead atoms. The highest BCUT2D eigenvalue weighted by molar-refractivity contribution is 9.11. The van der Waals surface area contributed by atoms with Crippen LogP contribution in [0.5, 0.6) is 0 Å². The second-order valence-corrected chi connectivity index (χ2v) is 6.04. The van der Waals surface area contributed by atoms with Crippen LogP contribution >= 0.6 is 31.9 Å². The topological polar surface area (TPSA) is 64.9 Å². The molecule has 0 aliphatic rings. The SMILES string of the molecule is CC(C)Cc1nc(-c2occc2Br)nc(N)c1Br. The third-order valence-electron chi connectivity index (χ3n) is 2.37. The molecule has 2 heterocycles. The number of halogens is 2. The molecule has 0 saturated heterocycles. The van der Waals surface area contributed by atoms with Gasteiger partial charge in [-0.1, -0.05) is 13.8 Å². The minimum Gasteiger partial charge on any atom is -0.460 e. The van der Waals surface area contributed by atoms with E-state index in [1.54, 1.807) is 12.3 Å². The molecule has 4 nitrogen and oxygen atoms in total. The third-order valence-corrected chi connectivity index (χ3v) is 3.86. The van der Waals surface area contributed by atoms with Crippen LogP contribution in [-0.4, -0.2) is 9.97 Å². The van der Waals surface area contributed by atoms with Crippen LogP contribution in [0.15, 0.2) is 25.7 Å². The van der Waals surface area contributed by atoms with Gasteiger partial charge in [-0.15, -0.1) is 0 Å². The first-order valence-corrected chi connectivity index (χ1v) is 7.13.